The highest BCUT2D eigenvalue weighted by atomic mass is 19.1. The maximum Gasteiger partial charge on any atom is 0.329 e. The van der Waals surface area contributed by atoms with Gasteiger partial charge in [0.1, 0.15) is 6.61 Å². The van der Waals surface area contributed by atoms with Gasteiger partial charge in [0.05, 0.1) is 12.3 Å². The molecule has 8 heteroatoms. The quantitative estimate of drug-likeness (QED) is 0.520. The number of carbonyl (C=O) groups is 1. The van der Waals surface area contributed by atoms with Crippen molar-refractivity contribution in [1.82, 2.24) is 14.8 Å². The minimum Gasteiger partial charge on any atom is -0.480 e. The molecule has 1 fully saturated rings. The van der Waals surface area contributed by atoms with Gasteiger partial charge in [-0.15, -0.1) is 0 Å². The van der Waals surface area contributed by atoms with Crippen LogP contribution in [0.5, 0.6) is 0 Å². The molecule has 1 saturated carbocycles. The summed E-state index contributed by atoms with van der Waals surface area (Å²) in [5, 5.41) is 13.4. The summed E-state index contributed by atoms with van der Waals surface area (Å²) in [5.41, 5.74) is 2.56. The highest BCUT2D eigenvalue weighted by Crippen LogP contribution is 2.31. The number of pyridine rings is 1. The van der Waals surface area contributed by atoms with Gasteiger partial charge >= 0.3 is 5.97 Å². The van der Waals surface area contributed by atoms with Gasteiger partial charge in [-0.3, -0.25) is 4.79 Å². The lowest BCUT2D eigenvalue weighted by Crippen LogP contribution is -2.29. The van der Waals surface area contributed by atoms with E-state index in [2.05, 4.69) is 4.98 Å². The Labute approximate surface area is 190 Å². The minimum atomic E-state index is -0.955. The first-order valence-electron chi connectivity index (χ1n) is 11.1. The maximum atomic E-state index is 13.3. The zero-order valence-electron chi connectivity index (χ0n) is 18.2. The van der Waals surface area contributed by atoms with E-state index in [4.69, 9.17) is 14.9 Å². The molecule has 0 amide bonds. The van der Waals surface area contributed by atoms with Gasteiger partial charge in [-0.2, -0.15) is 9.49 Å². The third-order valence-electron chi connectivity index (χ3n) is 6.06. The molecule has 0 saturated heterocycles. The van der Waals surface area contributed by atoms with Crippen LogP contribution in [0.25, 0.3) is 22.4 Å². The van der Waals surface area contributed by atoms with Crippen LogP contribution in [0.2, 0.25) is 0 Å². The van der Waals surface area contributed by atoms with E-state index in [9.17, 15) is 14.0 Å². The average molecular weight is 451 g/mol. The molecular formula is C25H26FN3O4. The molecule has 7 nitrogen and oxygen atoms in total. The van der Waals surface area contributed by atoms with Crippen molar-refractivity contribution < 1.29 is 19.0 Å². The number of benzene rings is 1. The smallest absolute Gasteiger partial charge is 0.329 e. The molecule has 0 radical (unpaired) electrons. The number of rotatable bonds is 8. The van der Waals surface area contributed by atoms with E-state index in [-0.39, 0.29) is 12.2 Å². The fourth-order valence-electron chi connectivity index (χ4n) is 4.32. The van der Waals surface area contributed by atoms with Crippen molar-refractivity contribution in [3.63, 3.8) is 0 Å². The molecule has 1 aliphatic carbocycles. The largest absolute Gasteiger partial charge is 0.480 e. The van der Waals surface area contributed by atoms with Gasteiger partial charge in [0.15, 0.2) is 0 Å². The van der Waals surface area contributed by atoms with Crippen LogP contribution in [0.4, 0.5) is 4.39 Å². The molecule has 4 rings (SSSR count). The Bertz CT molecular complexity index is 1140. The third-order valence-corrected chi connectivity index (χ3v) is 6.06. The molecule has 3 aromatic rings. The zero-order chi connectivity index (χ0) is 23.2. The van der Waals surface area contributed by atoms with Crippen molar-refractivity contribution in [2.24, 2.45) is 11.8 Å². The van der Waals surface area contributed by atoms with E-state index in [1.54, 1.807) is 12.1 Å². The summed E-state index contributed by atoms with van der Waals surface area (Å²) in [6.07, 6.45) is 5.14. The molecule has 0 atom stereocenters. The summed E-state index contributed by atoms with van der Waals surface area (Å²) in [5.74, 6) is -0.875. The van der Waals surface area contributed by atoms with Crippen molar-refractivity contribution in [1.29, 1.82) is 0 Å². The van der Waals surface area contributed by atoms with E-state index >= 15 is 0 Å². The Balaban J connectivity index is 1.53. The fourth-order valence-corrected chi connectivity index (χ4v) is 4.32. The number of hydrogen-bond donors (Lipinski definition) is 1. The Morgan fingerprint density at radius 3 is 2.45 bits per heavy atom. The number of ether oxygens (including phenoxy) is 1. The van der Waals surface area contributed by atoms with E-state index in [1.165, 1.54) is 16.9 Å². The van der Waals surface area contributed by atoms with Gasteiger partial charge in [0.25, 0.3) is 5.56 Å². The standard InChI is InChI=1S/C25H26FN3O4/c26-22-11-10-20(13-27-22)21-12-23(30)29(28-25(21)19-4-2-1-3-5-19)14-17-6-8-18(9-7-17)15-33-16-24(31)32/h1-5,10-13,17-18H,6-9,14-16H2,(H,31,32). The van der Waals surface area contributed by atoms with Crippen molar-refractivity contribution in [2.45, 2.75) is 32.2 Å². The lowest BCUT2D eigenvalue weighted by Gasteiger charge is -2.28. The predicted octanol–water partition coefficient (Wildman–Crippen LogP) is 4.02. The Kier molecular flexibility index (Phi) is 7.24. The zero-order valence-corrected chi connectivity index (χ0v) is 18.2. The average Bonchev–Trinajstić information content (AvgIpc) is 2.82. The lowest BCUT2D eigenvalue weighted by atomic mass is 9.82. The number of halogens is 1. The van der Waals surface area contributed by atoms with Crippen molar-refractivity contribution in [3.8, 4) is 22.4 Å². The summed E-state index contributed by atoms with van der Waals surface area (Å²) in [6.45, 7) is 0.705. The fraction of sp³-hybridized carbons (Fsp3) is 0.360. The van der Waals surface area contributed by atoms with Crippen LogP contribution < -0.4 is 5.56 Å². The molecule has 0 aliphatic heterocycles. The van der Waals surface area contributed by atoms with E-state index < -0.39 is 11.9 Å². The molecular weight excluding hydrogens is 425 g/mol. The van der Waals surface area contributed by atoms with Crippen LogP contribution in [-0.4, -0.2) is 39.1 Å². The molecule has 1 aromatic carbocycles. The molecule has 0 unspecified atom stereocenters. The molecule has 1 aliphatic rings. The molecule has 2 heterocycles. The monoisotopic (exact) mass is 451 g/mol. The van der Waals surface area contributed by atoms with Gasteiger partial charge in [-0.05, 0) is 49.7 Å². The van der Waals surface area contributed by atoms with Gasteiger partial charge in [-0.1, -0.05) is 30.3 Å². The molecule has 0 spiro atoms. The molecule has 2 aromatic heterocycles. The van der Waals surface area contributed by atoms with Crippen LogP contribution in [0, 0.1) is 17.8 Å². The summed E-state index contributed by atoms with van der Waals surface area (Å²) >= 11 is 0. The predicted molar refractivity (Wildman–Crippen MR) is 121 cm³/mol. The van der Waals surface area contributed by atoms with Gasteiger partial charge in [0, 0.05) is 35.5 Å². The normalized spacial score (nSPS) is 18.2. The van der Waals surface area contributed by atoms with Crippen LogP contribution in [-0.2, 0) is 16.1 Å². The SMILES string of the molecule is O=C(O)COCC1CCC(Cn2nc(-c3ccccc3)c(-c3ccc(F)nc3)cc2=O)CC1. The number of hydrogen-bond acceptors (Lipinski definition) is 5. The van der Waals surface area contributed by atoms with Gasteiger partial charge in [-0.25, -0.2) is 14.5 Å². The number of aromatic nitrogens is 3. The second kappa shape index (κ2) is 10.5. The Morgan fingerprint density at radius 2 is 1.79 bits per heavy atom. The first-order valence-corrected chi connectivity index (χ1v) is 11.1. The Hall–Kier alpha value is -3.39. The second-order valence-electron chi connectivity index (χ2n) is 8.46. The molecule has 0 bridgehead atoms. The van der Waals surface area contributed by atoms with Crippen molar-refractivity contribution in [2.75, 3.05) is 13.2 Å². The second-order valence-corrected chi connectivity index (χ2v) is 8.46. The van der Waals surface area contributed by atoms with Gasteiger partial charge < -0.3 is 9.84 Å². The summed E-state index contributed by atoms with van der Waals surface area (Å²) in [4.78, 5) is 27.3. The molecule has 172 valence electrons. The van der Waals surface area contributed by atoms with E-state index in [0.29, 0.717) is 41.8 Å². The number of aliphatic carboxylic acids is 1. The summed E-state index contributed by atoms with van der Waals surface area (Å²) in [7, 11) is 0. The number of carboxylic acid groups (broad SMARTS) is 1. The van der Waals surface area contributed by atoms with Crippen molar-refractivity contribution >= 4 is 5.97 Å². The van der Waals surface area contributed by atoms with E-state index in [1.807, 2.05) is 30.3 Å². The Morgan fingerprint density at radius 1 is 1.06 bits per heavy atom. The first kappa shape index (κ1) is 22.8. The number of nitrogens with zero attached hydrogens (tertiary/aromatic N) is 3. The minimum absolute atomic E-state index is 0.207. The van der Waals surface area contributed by atoms with Crippen LogP contribution in [0.3, 0.4) is 0 Å². The highest BCUT2D eigenvalue weighted by Gasteiger charge is 2.23. The number of carboxylic acids is 1. The van der Waals surface area contributed by atoms with Crippen LogP contribution >= 0.6 is 0 Å². The van der Waals surface area contributed by atoms with E-state index in [0.717, 1.165) is 31.2 Å². The molecule has 1 N–H and O–H groups in total. The third kappa shape index (κ3) is 5.90. The summed E-state index contributed by atoms with van der Waals surface area (Å²) in [6, 6.07) is 14.0. The topological polar surface area (TPSA) is 94.3 Å². The van der Waals surface area contributed by atoms with Crippen molar-refractivity contribution in [3.05, 3.63) is 71.0 Å². The van der Waals surface area contributed by atoms with Crippen LogP contribution in [0.1, 0.15) is 25.7 Å². The van der Waals surface area contributed by atoms with Gasteiger partial charge in [0.2, 0.25) is 5.95 Å². The molecule has 33 heavy (non-hydrogen) atoms. The summed E-state index contributed by atoms with van der Waals surface area (Å²) < 4.78 is 20.1. The maximum absolute atomic E-state index is 13.3. The first-order chi connectivity index (χ1) is 16.0. The lowest BCUT2D eigenvalue weighted by molar-refractivity contribution is -0.142. The highest BCUT2D eigenvalue weighted by molar-refractivity contribution is 5.79. The van der Waals surface area contributed by atoms with Crippen LogP contribution in [0.15, 0.2) is 59.5 Å².